The van der Waals surface area contributed by atoms with Crippen LogP contribution in [0.2, 0.25) is 0 Å². The highest BCUT2D eigenvalue weighted by atomic mass is 32.1. The first kappa shape index (κ1) is 13.6. The highest BCUT2D eigenvalue weighted by Gasteiger charge is 2.28. The lowest BCUT2D eigenvalue weighted by Crippen LogP contribution is -2.33. The minimum Gasteiger partial charge on any atom is -0.390 e. The summed E-state index contributed by atoms with van der Waals surface area (Å²) in [7, 11) is 0. The molecule has 1 aliphatic heterocycles. The van der Waals surface area contributed by atoms with E-state index < -0.39 is 5.60 Å². The van der Waals surface area contributed by atoms with Gasteiger partial charge in [-0.1, -0.05) is 0 Å². The van der Waals surface area contributed by atoms with Gasteiger partial charge in [0.2, 0.25) is 0 Å². The Morgan fingerprint density at radius 2 is 2.11 bits per heavy atom. The fraction of sp³-hybridized carbons (Fsp3) is 0.643. The van der Waals surface area contributed by atoms with E-state index in [1.165, 1.54) is 4.88 Å². The number of amides is 1. The first-order valence-corrected chi connectivity index (χ1v) is 7.29. The molecule has 0 saturated carbocycles. The molecule has 0 aromatic carbocycles. The molecule has 1 amide bonds. The molecule has 1 aliphatic rings. The predicted molar refractivity (Wildman–Crippen MR) is 74.2 cm³/mol. The van der Waals surface area contributed by atoms with E-state index in [1.807, 2.05) is 31.7 Å². The van der Waals surface area contributed by atoms with Crippen LogP contribution >= 0.6 is 11.3 Å². The third-order valence-electron chi connectivity index (χ3n) is 3.62. The van der Waals surface area contributed by atoms with Gasteiger partial charge < -0.3 is 10.0 Å². The average molecular weight is 267 g/mol. The maximum Gasteiger partial charge on any atom is 0.254 e. The van der Waals surface area contributed by atoms with Crippen LogP contribution in [0.25, 0.3) is 0 Å². The number of thiophene rings is 1. The topological polar surface area (TPSA) is 40.5 Å². The van der Waals surface area contributed by atoms with Gasteiger partial charge in [0.25, 0.3) is 5.91 Å². The molecule has 1 saturated heterocycles. The van der Waals surface area contributed by atoms with Gasteiger partial charge in [0.1, 0.15) is 0 Å². The van der Waals surface area contributed by atoms with Crippen LogP contribution in [-0.2, 0) is 0 Å². The van der Waals surface area contributed by atoms with E-state index in [0.717, 1.165) is 29.8 Å². The molecule has 18 heavy (non-hydrogen) atoms. The van der Waals surface area contributed by atoms with Gasteiger partial charge in [-0.25, -0.2) is 0 Å². The van der Waals surface area contributed by atoms with Gasteiger partial charge >= 0.3 is 0 Å². The van der Waals surface area contributed by atoms with Crippen molar-refractivity contribution in [2.75, 3.05) is 13.1 Å². The van der Waals surface area contributed by atoms with Crippen LogP contribution < -0.4 is 0 Å². The van der Waals surface area contributed by atoms with Crippen LogP contribution in [0.15, 0.2) is 6.07 Å². The average Bonchev–Trinajstić information content (AvgIpc) is 2.50. The summed E-state index contributed by atoms with van der Waals surface area (Å²) in [6.07, 6.45) is 2.32. The molecule has 0 radical (unpaired) electrons. The van der Waals surface area contributed by atoms with Crippen molar-refractivity contribution in [2.24, 2.45) is 0 Å². The maximum atomic E-state index is 12.4. The van der Waals surface area contributed by atoms with Crippen LogP contribution in [0.4, 0.5) is 0 Å². The first-order chi connectivity index (χ1) is 8.39. The standard InChI is InChI=1S/C14H21NO2S/c1-10-9-12(11(2)18-10)13(16)15-7-4-5-14(3,17)6-8-15/h9,17H,4-8H2,1-3H3. The van der Waals surface area contributed by atoms with Gasteiger partial charge in [-0.05, 0) is 46.1 Å². The summed E-state index contributed by atoms with van der Waals surface area (Å²) in [5.41, 5.74) is 0.216. The zero-order valence-electron chi connectivity index (χ0n) is 11.3. The molecule has 0 spiro atoms. The van der Waals surface area contributed by atoms with Crippen molar-refractivity contribution < 1.29 is 9.90 Å². The number of likely N-dealkylation sites (tertiary alicyclic amines) is 1. The van der Waals surface area contributed by atoms with Crippen LogP contribution in [-0.4, -0.2) is 34.6 Å². The van der Waals surface area contributed by atoms with Crippen molar-refractivity contribution in [3.05, 3.63) is 21.4 Å². The number of carbonyl (C=O) groups excluding carboxylic acids is 1. The minimum atomic E-state index is -0.616. The molecule has 1 unspecified atom stereocenters. The Labute approximate surface area is 112 Å². The minimum absolute atomic E-state index is 0.120. The third kappa shape index (κ3) is 2.93. The molecule has 0 bridgehead atoms. The summed E-state index contributed by atoms with van der Waals surface area (Å²) < 4.78 is 0. The molecule has 1 aromatic rings. The van der Waals surface area contributed by atoms with Crippen LogP contribution in [0.1, 0.15) is 46.3 Å². The molecular weight excluding hydrogens is 246 g/mol. The largest absolute Gasteiger partial charge is 0.390 e. The lowest BCUT2D eigenvalue weighted by atomic mass is 9.98. The van der Waals surface area contributed by atoms with Crippen LogP contribution in [0, 0.1) is 13.8 Å². The number of hydrogen-bond acceptors (Lipinski definition) is 3. The summed E-state index contributed by atoms with van der Waals surface area (Å²) in [5.74, 6) is 0.120. The van der Waals surface area contributed by atoms with Gasteiger partial charge in [0.15, 0.2) is 0 Å². The van der Waals surface area contributed by atoms with E-state index in [2.05, 4.69) is 0 Å². The smallest absolute Gasteiger partial charge is 0.254 e. The molecule has 1 N–H and O–H groups in total. The molecule has 4 heteroatoms. The molecule has 2 heterocycles. The Balaban J connectivity index is 2.12. The molecule has 1 aromatic heterocycles. The summed E-state index contributed by atoms with van der Waals surface area (Å²) in [6, 6.07) is 1.98. The van der Waals surface area contributed by atoms with E-state index in [4.69, 9.17) is 0 Å². The number of aliphatic hydroxyl groups is 1. The zero-order valence-corrected chi connectivity index (χ0v) is 12.1. The molecule has 1 atom stereocenters. The lowest BCUT2D eigenvalue weighted by molar-refractivity contribution is 0.0438. The van der Waals surface area contributed by atoms with Crippen LogP contribution in [0.5, 0.6) is 0 Å². The summed E-state index contributed by atoms with van der Waals surface area (Å²) in [4.78, 5) is 16.6. The molecule has 3 nitrogen and oxygen atoms in total. The third-order valence-corrected chi connectivity index (χ3v) is 4.59. The predicted octanol–water partition coefficient (Wildman–Crippen LogP) is 2.74. The van der Waals surface area contributed by atoms with Crippen molar-refractivity contribution >= 4 is 17.2 Å². The Kier molecular flexibility index (Phi) is 3.78. The second-order valence-electron chi connectivity index (χ2n) is 5.47. The second kappa shape index (κ2) is 5.02. The summed E-state index contributed by atoms with van der Waals surface area (Å²) >= 11 is 1.67. The molecule has 100 valence electrons. The van der Waals surface area contributed by atoms with Crippen LogP contribution in [0.3, 0.4) is 0 Å². The van der Waals surface area contributed by atoms with Crippen molar-refractivity contribution in [1.29, 1.82) is 0 Å². The molecule has 1 fully saturated rings. The van der Waals surface area contributed by atoms with E-state index in [9.17, 15) is 9.90 Å². The summed E-state index contributed by atoms with van der Waals surface area (Å²) in [5, 5.41) is 10.0. The van der Waals surface area contributed by atoms with Crippen molar-refractivity contribution in [1.82, 2.24) is 4.90 Å². The van der Waals surface area contributed by atoms with Gasteiger partial charge in [-0.2, -0.15) is 0 Å². The van der Waals surface area contributed by atoms with E-state index in [0.29, 0.717) is 13.0 Å². The normalized spacial score (nSPS) is 25.0. The number of aryl methyl sites for hydroxylation is 2. The number of nitrogens with zero attached hydrogens (tertiary/aromatic N) is 1. The Morgan fingerprint density at radius 3 is 2.72 bits per heavy atom. The molecule has 2 rings (SSSR count). The van der Waals surface area contributed by atoms with Gasteiger partial charge in [0.05, 0.1) is 11.2 Å². The highest BCUT2D eigenvalue weighted by Crippen LogP contribution is 2.25. The number of carbonyl (C=O) groups is 1. The second-order valence-corrected chi connectivity index (χ2v) is 6.93. The number of rotatable bonds is 1. The Bertz CT molecular complexity index is 451. The van der Waals surface area contributed by atoms with Gasteiger partial charge in [0, 0.05) is 22.8 Å². The van der Waals surface area contributed by atoms with Gasteiger partial charge in [-0.3, -0.25) is 4.79 Å². The molecular formula is C14H21NO2S. The van der Waals surface area contributed by atoms with E-state index in [1.54, 1.807) is 11.3 Å². The quantitative estimate of drug-likeness (QED) is 0.850. The fourth-order valence-corrected chi connectivity index (χ4v) is 3.40. The van der Waals surface area contributed by atoms with Crippen molar-refractivity contribution in [3.63, 3.8) is 0 Å². The SMILES string of the molecule is Cc1cc(C(=O)N2CCCC(C)(O)CC2)c(C)s1. The summed E-state index contributed by atoms with van der Waals surface area (Å²) in [6.45, 7) is 7.30. The van der Waals surface area contributed by atoms with Gasteiger partial charge in [-0.15, -0.1) is 11.3 Å². The number of hydrogen-bond donors (Lipinski definition) is 1. The van der Waals surface area contributed by atoms with E-state index in [-0.39, 0.29) is 5.91 Å². The molecule has 0 aliphatic carbocycles. The zero-order chi connectivity index (χ0) is 13.3. The van der Waals surface area contributed by atoms with Crippen molar-refractivity contribution in [2.45, 2.75) is 45.6 Å². The van der Waals surface area contributed by atoms with Crippen molar-refractivity contribution in [3.8, 4) is 0 Å². The van der Waals surface area contributed by atoms with E-state index >= 15 is 0 Å². The monoisotopic (exact) mass is 267 g/mol. The fourth-order valence-electron chi connectivity index (χ4n) is 2.48. The maximum absolute atomic E-state index is 12.4. The highest BCUT2D eigenvalue weighted by molar-refractivity contribution is 7.12. The first-order valence-electron chi connectivity index (χ1n) is 6.48. The Morgan fingerprint density at radius 1 is 1.39 bits per heavy atom. The Hall–Kier alpha value is -0.870. The lowest BCUT2D eigenvalue weighted by Gasteiger charge is -2.22.